The molecule has 2 heterocycles. The first-order valence-electron chi connectivity index (χ1n) is 16.6. The number of carbonyl (C=O) groups is 1. The van der Waals surface area contributed by atoms with Crippen molar-refractivity contribution in [1.29, 1.82) is 0 Å². The zero-order valence-corrected chi connectivity index (χ0v) is 36.2. The Labute approximate surface area is 359 Å². The van der Waals surface area contributed by atoms with Crippen molar-refractivity contribution >= 4 is 18.4 Å². The molecule has 2 N–H and O–H groups in total. The number of carbonyl (C=O) groups excluding carboxylic acids is 1. The number of hydrogen-bond donors (Lipinski definition) is 1. The van der Waals surface area contributed by atoms with E-state index in [-0.39, 0.29) is 104 Å². The fraction of sp³-hybridized carbons (Fsp3) is 0.421. The van der Waals surface area contributed by atoms with E-state index in [0.29, 0.717) is 46.4 Å². The van der Waals surface area contributed by atoms with Gasteiger partial charge in [-0.05, 0) is 81.3 Å². The molecule has 0 saturated carbocycles. The Balaban J connectivity index is 0. The van der Waals surface area contributed by atoms with Gasteiger partial charge in [-0.2, -0.15) is 36.5 Å². The van der Waals surface area contributed by atoms with Crippen LogP contribution in [0.25, 0.3) is 22.8 Å². The van der Waals surface area contributed by atoms with Gasteiger partial charge in [0.25, 0.3) is 0 Å². The van der Waals surface area contributed by atoms with Gasteiger partial charge in [-0.15, -0.1) is 12.4 Å². The summed E-state index contributed by atoms with van der Waals surface area (Å²) in [6.45, 7) is 5.27. The number of halogens is 9. The molecule has 0 bridgehead atoms. The summed E-state index contributed by atoms with van der Waals surface area (Å²) in [5.41, 5.74) is 6.42. The van der Waals surface area contributed by atoms with Gasteiger partial charge in [0.15, 0.2) is 17.5 Å². The number of hydrogen-bond acceptors (Lipinski definition) is 9. The topological polar surface area (TPSA) is 132 Å². The van der Waals surface area contributed by atoms with Crippen molar-refractivity contribution in [1.82, 2.24) is 29.5 Å². The summed E-state index contributed by atoms with van der Waals surface area (Å²) in [7, 11) is 2.92. The summed E-state index contributed by atoms with van der Waals surface area (Å²) >= 11 is 0. The van der Waals surface area contributed by atoms with Gasteiger partial charge < -0.3 is 27.4 Å². The van der Waals surface area contributed by atoms with Crippen LogP contribution in [0.3, 0.4) is 0 Å². The molecule has 11 nitrogen and oxygen atoms in total. The molecule has 21 heteroatoms. The minimum Gasteiger partial charge on any atom is -0.489 e. The minimum absolute atomic E-state index is 0. The van der Waals surface area contributed by atoms with Gasteiger partial charge in [-0.3, -0.25) is 9.48 Å². The summed E-state index contributed by atoms with van der Waals surface area (Å²) in [6.07, 6.45) is -10.1. The normalized spacial score (nSPS) is 11.8. The van der Waals surface area contributed by atoms with E-state index < -0.39 is 36.8 Å². The first-order valence-corrected chi connectivity index (χ1v) is 16.6. The third-order valence-corrected chi connectivity index (χ3v) is 7.09. The van der Waals surface area contributed by atoms with Crippen molar-refractivity contribution in [3.63, 3.8) is 0 Å². The van der Waals surface area contributed by atoms with Gasteiger partial charge in [-0.25, -0.2) is 23.4 Å². The zero-order chi connectivity index (χ0) is 41.0. The Morgan fingerprint density at radius 3 is 1.69 bits per heavy atom. The van der Waals surface area contributed by atoms with Crippen molar-refractivity contribution in [2.75, 3.05) is 19.8 Å². The maximum atomic E-state index is 13.1. The molecule has 0 saturated heterocycles. The van der Waals surface area contributed by atoms with Gasteiger partial charge in [0.1, 0.15) is 49.0 Å². The number of rotatable bonds is 14. The van der Waals surface area contributed by atoms with Gasteiger partial charge in [-0.1, -0.05) is 7.43 Å². The van der Waals surface area contributed by atoms with Crippen LogP contribution in [-0.4, -0.2) is 73.2 Å². The second-order valence-electron chi connectivity index (χ2n) is 13.0. The number of nitrogens with two attached hydrogens (primary N) is 1. The maximum absolute atomic E-state index is 13.1. The van der Waals surface area contributed by atoms with Gasteiger partial charge in [0.05, 0.1) is 12.7 Å². The van der Waals surface area contributed by atoms with E-state index in [9.17, 15) is 39.9 Å². The van der Waals surface area contributed by atoms with Crippen LogP contribution in [-0.2, 0) is 57.5 Å². The first kappa shape index (κ1) is 56.7. The molecule has 0 aliphatic rings. The largest absolute Gasteiger partial charge is 0.489 e. The molecule has 0 aliphatic carbocycles. The predicted molar refractivity (Wildman–Crippen MR) is 206 cm³/mol. The van der Waals surface area contributed by atoms with Crippen LogP contribution >= 0.6 is 12.4 Å². The zero-order valence-electron chi connectivity index (χ0n) is 32.5. The van der Waals surface area contributed by atoms with Crippen molar-refractivity contribution in [3.8, 4) is 34.3 Å². The molecule has 2 aromatic heterocycles. The fourth-order valence-corrected chi connectivity index (χ4v) is 4.52. The van der Waals surface area contributed by atoms with E-state index in [4.69, 9.17) is 19.9 Å². The molecule has 4 rings (SSSR count). The van der Waals surface area contributed by atoms with Crippen molar-refractivity contribution in [2.24, 2.45) is 19.8 Å². The van der Waals surface area contributed by atoms with E-state index in [1.165, 1.54) is 18.8 Å². The van der Waals surface area contributed by atoms with Crippen LogP contribution in [0.2, 0.25) is 0 Å². The molecule has 4 aromatic rings. The standard InChI is InChI=1S/C21H25F4N3O3.C15H16F4N4O.CH4.CH3.ClH.W/c1-20(2,3)31-18(29)10-5-14(12-22)13-30-16-8-6-15(7-9-16)19-26-17(27-28(19)4)11-21(23,24)25;1-23-13(6-15(17,18)19)21-14(22-23)11-2-4-12(5-3-11)24-9-10(7-16)8-20;;;;/h6-9,12H,5,10-11,13H2,1-4H3;2-5,7H,6,8-9,20H2,1H3;1H4;1H3;1H;/q;;;-1;;/b14-12+;10-7+;;;;. The second kappa shape index (κ2) is 25.3. The molecule has 0 unspecified atom stereocenters. The van der Waals surface area contributed by atoms with Crippen molar-refractivity contribution in [3.05, 3.63) is 91.4 Å². The summed E-state index contributed by atoms with van der Waals surface area (Å²) in [5, 5.41) is 7.77. The van der Waals surface area contributed by atoms with Crippen LogP contribution in [0.5, 0.6) is 11.5 Å². The van der Waals surface area contributed by atoms with Gasteiger partial charge >= 0.3 is 18.3 Å². The number of aromatic nitrogens is 6. The van der Waals surface area contributed by atoms with Crippen LogP contribution < -0.4 is 15.2 Å². The van der Waals surface area contributed by atoms with Crippen molar-refractivity contribution in [2.45, 2.75) is 71.8 Å². The maximum Gasteiger partial charge on any atom is 0.396 e. The monoisotopic (exact) mass is 1040 g/mol. The van der Waals surface area contributed by atoms with E-state index in [0.717, 1.165) is 4.68 Å². The van der Waals surface area contributed by atoms with E-state index in [2.05, 4.69) is 20.2 Å². The van der Waals surface area contributed by atoms with Gasteiger partial charge in [0, 0.05) is 64.8 Å². The summed E-state index contributed by atoms with van der Waals surface area (Å²) in [5.74, 6) is 0.467. The number of alkyl halides is 6. The Kier molecular flexibility index (Phi) is 24.3. The molecule has 0 atom stereocenters. The van der Waals surface area contributed by atoms with Crippen LogP contribution in [0, 0.1) is 7.43 Å². The van der Waals surface area contributed by atoms with Gasteiger partial charge in [0.2, 0.25) is 0 Å². The third kappa shape index (κ3) is 20.5. The molecule has 59 heavy (non-hydrogen) atoms. The average molecular weight is 1040 g/mol. The molecule has 2 aromatic carbocycles. The third-order valence-electron chi connectivity index (χ3n) is 7.09. The Morgan fingerprint density at radius 1 is 0.746 bits per heavy atom. The Morgan fingerprint density at radius 2 is 1.24 bits per heavy atom. The number of esters is 1. The van der Waals surface area contributed by atoms with E-state index >= 15 is 0 Å². The van der Waals surface area contributed by atoms with E-state index in [1.54, 1.807) is 69.3 Å². The molecular weight excluding hydrogens is 990 g/mol. The number of aryl methyl sites for hydroxylation is 2. The molecule has 330 valence electrons. The molecule has 0 spiro atoms. The molecule has 0 aliphatic heterocycles. The SMILES string of the molecule is C.Cl.Cn1nc(-c2ccc(OC/C(=C/F)CN)cc2)nc1CC(F)(F)F.Cn1nc(CC(F)(F)F)nc1-c1ccc(OC/C(=C/F)CCC(=O)OC(C)(C)C)cc1.[CH3-].[W]. The Bertz CT molecular complexity index is 1910. The molecular formula is C38H49ClF8N7O4W-. The summed E-state index contributed by atoms with van der Waals surface area (Å²) < 4.78 is 119. The minimum atomic E-state index is -4.39. The fourth-order valence-electron chi connectivity index (χ4n) is 4.52. The molecule has 0 fully saturated rings. The molecule has 0 radical (unpaired) electrons. The smallest absolute Gasteiger partial charge is 0.396 e. The van der Waals surface area contributed by atoms with Crippen LogP contribution in [0.15, 0.2) is 72.3 Å². The Hall–Kier alpha value is -4.35. The number of benzene rings is 2. The van der Waals surface area contributed by atoms with E-state index in [1.807, 2.05) is 0 Å². The predicted octanol–water partition coefficient (Wildman–Crippen LogP) is 9.22. The molecule has 0 amide bonds. The van der Waals surface area contributed by atoms with Crippen LogP contribution in [0.4, 0.5) is 35.1 Å². The first-order chi connectivity index (χ1) is 25.7. The van der Waals surface area contributed by atoms with Crippen molar-refractivity contribution < 1.29 is 75.2 Å². The quantitative estimate of drug-likeness (QED) is 0.0746. The van der Waals surface area contributed by atoms with Crippen LogP contribution in [0.1, 0.15) is 52.7 Å². The summed E-state index contributed by atoms with van der Waals surface area (Å²) in [4.78, 5) is 19.6. The average Bonchev–Trinajstić information content (AvgIpc) is 3.63. The second-order valence-corrected chi connectivity index (χ2v) is 13.0. The summed E-state index contributed by atoms with van der Waals surface area (Å²) in [6, 6.07) is 12.9. The number of ether oxygens (including phenoxy) is 3. The number of nitrogens with zero attached hydrogens (tertiary/aromatic N) is 6.